The van der Waals surface area contributed by atoms with Crippen LogP contribution in [0.25, 0.3) is 0 Å². The number of hydrogen-bond donors (Lipinski definition) is 2. The van der Waals surface area contributed by atoms with Gasteiger partial charge in [-0.25, -0.2) is 4.99 Å². The molecule has 0 atom stereocenters. The Morgan fingerprint density at radius 3 is 2.63 bits per heavy atom. The first-order chi connectivity index (χ1) is 13.1. The highest BCUT2D eigenvalue weighted by atomic mass is 16.1. The molecule has 142 valence electrons. The maximum atomic E-state index is 12.9. The van der Waals surface area contributed by atoms with Crippen LogP contribution in [0.1, 0.15) is 45.6 Å². The number of benzene rings is 1. The van der Waals surface area contributed by atoms with Crippen LogP contribution in [0.15, 0.2) is 70.5 Å². The van der Waals surface area contributed by atoms with E-state index in [1.165, 1.54) is 0 Å². The average molecular weight is 364 g/mol. The molecule has 1 aromatic carbocycles. The second-order valence-corrected chi connectivity index (χ2v) is 5.78. The minimum atomic E-state index is -0.227. The van der Waals surface area contributed by atoms with Crippen molar-refractivity contribution in [1.29, 1.82) is 0 Å². The molecule has 0 spiro atoms. The topological polar surface area (TPSA) is 67.5 Å². The lowest BCUT2D eigenvalue weighted by molar-refractivity contribution is -0.117. The summed E-state index contributed by atoms with van der Waals surface area (Å²) in [5.74, 6) is 5.97. The Morgan fingerprint density at radius 1 is 1.26 bits per heavy atom. The lowest BCUT2D eigenvalue weighted by atomic mass is 10.0. The third-order valence-electron chi connectivity index (χ3n) is 3.61. The van der Waals surface area contributed by atoms with Gasteiger partial charge in [0.1, 0.15) is 5.82 Å². The Bertz CT molecular complexity index is 775. The molecule has 1 amide bonds. The predicted molar refractivity (Wildman–Crippen MR) is 114 cm³/mol. The Hall–Kier alpha value is -3.06. The molecule has 0 unspecified atom stereocenters. The van der Waals surface area contributed by atoms with Crippen molar-refractivity contribution in [3.63, 3.8) is 0 Å². The fourth-order valence-electron chi connectivity index (χ4n) is 2.25. The van der Waals surface area contributed by atoms with Crippen molar-refractivity contribution in [3.8, 4) is 11.8 Å². The number of allylic oxidation sites excluding steroid dienone is 3. The molecule has 0 aliphatic rings. The number of rotatable bonds is 8. The zero-order chi connectivity index (χ0) is 19.9. The first-order valence-electron chi connectivity index (χ1n) is 9.30. The van der Waals surface area contributed by atoms with Crippen LogP contribution in [0.5, 0.6) is 0 Å². The van der Waals surface area contributed by atoms with E-state index in [-0.39, 0.29) is 5.91 Å². The number of carbonyl (C=O) groups excluding carboxylic acids is 1. The third kappa shape index (κ3) is 8.24. The summed E-state index contributed by atoms with van der Waals surface area (Å²) >= 11 is 0. The van der Waals surface area contributed by atoms with E-state index in [1.807, 2.05) is 49.4 Å². The van der Waals surface area contributed by atoms with Gasteiger partial charge in [-0.15, -0.1) is 0 Å². The van der Waals surface area contributed by atoms with Gasteiger partial charge in [0.25, 0.3) is 5.91 Å². The normalized spacial score (nSPS) is 12.6. The van der Waals surface area contributed by atoms with E-state index in [2.05, 4.69) is 29.1 Å². The fourth-order valence-corrected chi connectivity index (χ4v) is 2.25. The molecule has 0 fully saturated rings. The van der Waals surface area contributed by atoms with Crippen molar-refractivity contribution in [2.24, 2.45) is 10.7 Å². The van der Waals surface area contributed by atoms with Crippen molar-refractivity contribution >= 4 is 12.1 Å². The highest BCUT2D eigenvalue weighted by Crippen LogP contribution is 2.17. The molecule has 4 heteroatoms. The van der Waals surface area contributed by atoms with E-state index in [0.717, 1.165) is 18.4 Å². The van der Waals surface area contributed by atoms with Crippen LogP contribution < -0.4 is 11.1 Å². The monoisotopic (exact) mass is 363 g/mol. The van der Waals surface area contributed by atoms with Crippen LogP contribution in [-0.2, 0) is 11.3 Å². The van der Waals surface area contributed by atoms with E-state index in [4.69, 9.17) is 5.73 Å². The summed E-state index contributed by atoms with van der Waals surface area (Å²) in [6.45, 7) is 6.28. The first-order valence-corrected chi connectivity index (χ1v) is 9.30. The molecule has 4 nitrogen and oxygen atoms in total. The molecule has 0 saturated carbocycles. The van der Waals surface area contributed by atoms with Gasteiger partial charge in [-0.05, 0) is 18.9 Å². The number of nitrogens with one attached hydrogen (secondary N) is 1. The first kappa shape index (κ1) is 22.0. The number of hydrogen-bond acceptors (Lipinski definition) is 3. The highest BCUT2D eigenvalue weighted by Gasteiger charge is 2.15. The van der Waals surface area contributed by atoms with Gasteiger partial charge < -0.3 is 11.1 Å². The van der Waals surface area contributed by atoms with Crippen LogP contribution in [0.2, 0.25) is 0 Å². The molecule has 0 aliphatic carbocycles. The molecule has 0 radical (unpaired) electrons. The van der Waals surface area contributed by atoms with Gasteiger partial charge in [-0.2, -0.15) is 0 Å². The van der Waals surface area contributed by atoms with E-state index in [1.54, 1.807) is 19.2 Å². The predicted octanol–water partition coefficient (Wildman–Crippen LogP) is 4.26. The molecule has 0 bridgehead atoms. The molecule has 0 aliphatic heterocycles. The van der Waals surface area contributed by atoms with E-state index in [9.17, 15) is 4.79 Å². The summed E-state index contributed by atoms with van der Waals surface area (Å²) in [7, 11) is 0. The molecular formula is C23H29N3O. The number of aliphatic imine (C=N–C) groups is 1. The Morgan fingerprint density at radius 2 is 2.00 bits per heavy atom. The second-order valence-electron chi connectivity index (χ2n) is 5.78. The number of nitrogens with zero attached hydrogens (tertiary/aromatic N) is 1. The summed E-state index contributed by atoms with van der Waals surface area (Å²) in [4.78, 5) is 17.0. The average Bonchev–Trinajstić information content (AvgIpc) is 2.68. The van der Waals surface area contributed by atoms with Crippen molar-refractivity contribution in [3.05, 3.63) is 71.1 Å². The molecular weight excluding hydrogens is 334 g/mol. The summed E-state index contributed by atoms with van der Waals surface area (Å²) in [5.41, 5.74) is 8.15. The van der Waals surface area contributed by atoms with E-state index >= 15 is 0 Å². The van der Waals surface area contributed by atoms with Gasteiger partial charge >= 0.3 is 0 Å². The lowest BCUT2D eigenvalue weighted by Crippen LogP contribution is -2.26. The molecule has 1 rings (SSSR count). The standard InChI is InChI=1S/C23H29N3O/c1-4-7-10-16-20(22(24)25-6-3)21(17-11-8-5-2)23(27)26-18-19-14-12-9-13-15-19/h6,9-10,12-17H,4-5,7,18,24H2,1-3H3,(H,26,27)/b16-10+,21-17-,22-20+,25-6-. The van der Waals surface area contributed by atoms with E-state index in [0.29, 0.717) is 29.9 Å². The molecule has 0 aromatic heterocycles. The molecule has 3 N–H and O–H groups in total. The Kier molecular flexibility index (Phi) is 10.7. The lowest BCUT2D eigenvalue weighted by Gasteiger charge is -2.11. The Labute approximate surface area is 163 Å². The van der Waals surface area contributed by atoms with Gasteiger partial charge in [0, 0.05) is 30.8 Å². The second kappa shape index (κ2) is 13.2. The quantitative estimate of drug-likeness (QED) is 0.314. The summed E-state index contributed by atoms with van der Waals surface area (Å²) in [6, 6.07) is 9.76. The highest BCUT2D eigenvalue weighted by molar-refractivity contribution is 5.99. The van der Waals surface area contributed by atoms with Gasteiger partial charge in [-0.1, -0.05) is 74.6 Å². The minimum absolute atomic E-state index is 0.227. The maximum Gasteiger partial charge on any atom is 0.252 e. The van der Waals surface area contributed by atoms with Crippen molar-refractivity contribution in [2.45, 2.75) is 46.6 Å². The van der Waals surface area contributed by atoms with Gasteiger partial charge in [-0.3, -0.25) is 4.79 Å². The molecule has 1 aromatic rings. The van der Waals surface area contributed by atoms with Crippen LogP contribution in [0, 0.1) is 11.8 Å². The smallest absolute Gasteiger partial charge is 0.252 e. The summed E-state index contributed by atoms with van der Waals surface area (Å²) in [6.07, 6.45) is 9.70. The van der Waals surface area contributed by atoms with Gasteiger partial charge in [0.15, 0.2) is 0 Å². The van der Waals surface area contributed by atoms with Crippen LogP contribution in [0.4, 0.5) is 0 Å². The SMILES string of the molecule is C\C=N/C(N)=C(\C=C\CCC)C(=C/C#CCC)/C(=O)NCc1ccccc1. The summed E-state index contributed by atoms with van der Waals surface area (Å²) < 4.78 is 0. The van der Waals surface area contributed by atoms with Gasteiger partial charge in [0.05, 0.1) is 5.57 Å². The largest absolute Gasteiger partial charge is 0.383 e. The number of carbonyl (C=O) groups is 1. The number of nitrogens with two attached hydrogens (primary N) is 1. The summed E-state index contributed by atoms with van der Waals surface area (Å²) in [5, 5.41) is 2.94. The van der Waals surface area contributed by atoms with Crippen LogP contribution in [-0.4, -0.2) is 12.1 Å². The van der Waals surface area contributed by atoms with Crippen molar-refractivity contribution in [2.75, 3.05) is 0 Å². The molecule has 0 saturated heterocycles. The third-order valence-corrected chi connectivity index (χ3v) is 3.61. The van der Waals surface area contributed by atoms with Crippen molar-refractivity contribution < 1.29 is 4.79 Å². The van der Waals surface area contributed by atoms with Crippen LogP contribution >= 0.6 is 0 Å². The zero-order valence-electron chi connectivity index (χ0n) is 16.5. The van der Waals surface area contributed by atoms with E-state index < -0.39 is 0 Å². The van der Waals surface area contributed by atoms with Crippen LogP contribution in [0.3, 0.4) is 0 Å². The fraction of sp³-hybridized carbons (Fsp3) is 0.304. The molecule has 27 heavy (non-hydrogen) atoms. The molecule has 0 heterocycles. The number of unbranched alkanes of at least 4 members (excludes halogenated alkanes) is 1. The minimum Gasteiger partial charge on any atom is -0.383 e. The number of amides is 1. The Balaban J connectivity index is 3.20. The maximum absolute atomic E-state index is 12.9. The zero-order valence-corrected chi connectivity index (χ0v) is 16.5. The van der Waals surface area contributed by atoms with Crippen molar-refractivity contribution in [1.82, 2.24) is 5.32 Å². The van der Waals surface area contributed by atoms with Gasteiger partial charge in [0.2, 0.25) is 0 Å².